The fraction of sp³-hybridized carbons (Fsp3) is 0.500. The quantitative estimate of drug-likeness (QED) is 0.740. The van der Waals surface area contributed by atoms with E-state index in [-0.39, 0.29) is 35.8 Å². The van der Waals surface area contributed by atoms with Gasteiger partial charge < -0.3 is 10.1 Å². The first kappa shape index (κ1) is 22.0. The Kier molecular flexibility index (Phi) is 5.79. The third-order valence-corrected chi connectivity index (χ3v) is 6.73. The summed E-state index contributed by atoms with van der Waals surface area (Å²) in [6, 6.07) is 7.27. The van der Waals surface area contributed by atoms with E-state index in [1.807, 2.05) is 32.0 Å². The van der Waals surface area contributed by atoms with Crippen molar-refractivity contribution in [3.63, 3.8) is 0 Å². The molecular weight excluding hydrogens is 408 g/mol. The van der Waals surface area contributed by atoms with E-state index in [0.717, 1.165) is 36.8 Å². The topological polar surface area (TPSA) is 93.5 Å². The number of amides is 2. The number of aryl methyl sites for hydroxylation is 2. The van der Waals surface area contributed by atoms with E-state index < -0.39 is 11.5 Å². The van der Waals surface area contributed by atoms with Crippen molar-refractivity contribution in [3.05, 3.63) is 46.8 Å². The molecule has 1 saturated carbocycles. The minimum Gasteiger partial charge on any atom is -0.464 e. The number of ether oxygens (including phenoxy) is 1. The van der Waals surface area contributed by atoms with Crippen LogP contribution in [0.1, 0.15) is 71.1 Å². The number of anilines is 1. The number of carbonyl (C=O) groups excluding carboxylic acids is 3. The van der Waals surface area contributed by atoms with Crippen LogP contribution in [0.15, 0.2) is 24.3 Å². The minimum atomic E-state index is -1.21. The van der Waals surface area contributed by atoms with Crippen molar-refractivity contribution in [3.8, 4) is 0 Å². The average Bonchev–Trinajstić information content (AvgIpc) is 3.20. The number of nitrogens with one attached hydrogen (secondary N) is 1. The molecule has 0 unspecified atom stereocenters. The summed E-state index contributed by atoms with van der Waals surface area (Å²) in [4.78, 5) is 40.9. The van der Waals surface area contributed by atoms with Crippen molar-refractivity contribution < 1.29 is 19.1 Å². The molecule has 1 atom stereocenters. The molecule has 1 N–H and O–H groups in total. The highest BCUT2D eigenvalue weighted by Gasteiger charge is 2.49. The molecule has 4 rings (SSSR count). The van der Waals surface area contributed by atoms with E-state index in [4.69, 9.17) is 4.74 Å². The van der Waals surface area contributed by atoms with Gasteiger partial charge >= 0.3 is 5.97 Å². The van der Waals surface area contributed by atoms with Crippen molar-refractivity contribution in [2.45, 2.75) is 71.0 Å². The van der Waals surface area contributed by atoms with E-state index in [1.54, 1.807) is 11.8 Å². The van der Waals surface area contributed by atoms with Gasteiger partial charge in [-0.25, -0.2) is 4.79 Å². The number of aromatic nitrogens is 2. The molecule has 8 heteroatoms. The van der Waals surface area contributed by atoms with Crippen LogP contribution in [0.3, 0.4) is 0 Å². The molecule has 1 aromatic carbocycles. The zero-order valence-corrected chi connectivity index (χ0v) is 19.1. The fourth-order valence-corrected chi connectivity index (χ4v) is 4.64. The van der Waals surface area contributed by atoms with Gasteiger partial charge in [0.2, 0.25) is 5.91 Å². The largest absolute Gasteiger partial charge is 0.464 e. The number of fused-ring (bicyclic) bond motifs is 1. The van der Waals surface area contributed by atoms with Gasteiger partial charge in [-0.1, -0.05) is 25.3 Å². The summed E-state index contributed by atoms with van der Waals surface area (Å²) in [6.45, 7) is 5.88. The van der Waals surface area contributed by atoms with Gasteiger partial charge in [-0.2, -0.15) is 5.10 Å². The molecule has 1 aliphatic heterocycles. The second-order valence-corrected chi connectivity index (χ2v) is 9.06. The van der Waals surface area contributed by atoms with Gasteiger partial charge in [0.05, 0.1) is 13.7 Å². The highest BCUT2D eigenvalue weighted by atomic mass is 16.5. The number of methoxy groups -OCH3 is 1. The number of rotatable bonds is 4. The molecule has 170 valence electrons. The summed E-state index contributed by atoms with van der Waals surface area (Å²) >= 11 is 0. The molecule has 2 heterocycles. The Balaban J connectivity index is 1.77. The summed E-state index contributed by atoms with van der Waals surface area (Å²) in [5.41, 5.74) is 1.87. The Labute approximate surface area is 187 Å². The lowest BCUT2D eigenvalue weighted by molar-refractivity contribution is -0.127. The Morgan fingerprint density at radius 3 is 2.50 bits per heavy atom. The Morgan fingerprint density at radius 1 is 1.12 bits per heavy atom. The lowest BCUT2D eigenvalue weighted by Crippen LogP contribution is -2.65. The molecule has 0 radical (unpaired) electrons. The molecule has 0 spiro atoms. The normalized spacial score (nSPS) is 21.2. The fourth-order valence-electron chi connectivity index (χ4n) is 4.64. The van der Waals surface area contributed by atoms with Crippen molar-refractivity contribution in [1.82, 2.24) is 15.1 Å². The van der Waals surface area contributed by atoms with E-state index in [0.29, 0.717) is 5.69 Å². The van der Waals surface area contributed by atoms with Crippen LogP contribution in [0.2, 0.25) is 0 Å². The van der Waals surface area contributed by atoms with Gasteiger partial charge in [-0.15, -0.1) is 0 Å². The zero-order valence-electron chi connectivity index (χ0n) is 19.1. The first-order valence-corrected chi connectivity index (χ1v) is 11.1. The monoisotopic (exact) mass is 438 g/mol. The molecule has 2 amide bonds. The van der Waals surface area contributed by atoms with Crippen LogP contribution in [-0.2, 0) is 16.1 Å². The number of benzene rings is 1. The van der Waals surface area contributed by atoms with Crippen LogP contribution in [-0.4, -0.2) is 46.3 Å². The molecular formula is C24H30N4O4. The maximum Gasteiger partial charge on any atom is 0.358 e. The minimum absolute atomic E-state index is 0.0489. The second-order valence-electron chi connectivity index (χ2n) is 9.06. The second kappa shape index (κ2) is 8.41. The summed E-state index contributed by atoms with van der Waals surface area (Å²) < 4.78 is 6.22. The molecule has 1 aromatic heterocycles. The highest BCUT2D eigenvalue weighted by molar-refractivity contribution is 6.12. The summed E-state index contributed by atoms with van der Waals surface area (Å²) in [5.74, 6) is -1.20. The Morgan fingerprint density at radius 2 is 1.84 bits per heavy atom. The number of esters is 1. The van der Waals surface area contributed by atoms with Gasteiger partial charge in [0.25, 0.3) is 5.91 Å². The molecule has 0 saturated heterocycles. The van der Waals surface area contributed by atoms with Crippen molar-refractivity contribution in [2.75, 3.05) is 12.0 Å². The van der Waals surface area contributed by atoms with E-state index >= 15 is 0 Å². The van der Waals surface area contributed by atoms with Gasteiger partial charge in [-0.05, 0) is 56.9 Å². The first-order valence-electron chi connectivity index (χ1n) is 11.1. The van der Waals surface area contributed by atoms with Crippen LogP contribution < -0.4 is 10.2 Å². The molecule has 2 aliphatic rings. The van der Waals surface area contributed by atoms with Gasteiger partial charge in [0.1, 0.15) is 11.2 Å². The first-order chi connectivity index (χ1) is 15.2. The number of hydrogen-bond acceptors (Lipinski definition) is 5. The van der Waals surface area contributed by atoms with Gasteiger partial charge in [0, 0.05) is 17.8 Å². The van der Waals surface area contributed by atoms with E-state index in [9.17, 15) is 14.4 Å². The predicted octanol–water partition coefficient (Wildman–Crippen LogP) is 3.15. The maximum atomic E-state index is 13.7. The molecule has 0 bridgehead atoms. The van der Waals surface area contributed by atoms with Crippen molar-refractivity contribution >= 4 is 23.5 Å². The van der Waals surface area contributed by atoms with Crippen LogP contribution >= 0.6 is 0 Å². The molecule has 8 nitrogen and oxygen atoms in total. The summed E-state index contributed by atoms with van der Waals surface area (Å²) in [7, 11) is 1.27. The maximum absolute atomic E-state index is 13.7. The van der Waals surface area contributed by atoms with Crippen molar-refractivity contribution in [1.29, 1.82) is 0 Å². The van der Waals surface area contributed by atoms with Gasteiger partial charge in [0.15, 0.2) is 5.69 Å². The summed E-state index contributed by atoms with van der Waals surface area (Å²) in [6.07, 6.45) is 5.25. The van der Waals surface area contributed by atoms with Crippen LogP contribution in [0.5, 0.6) is 0 Å². The van der Waals surface area contributed by atoms with Crippen LogP contribution in [0.4, 0.5) is 5.69 Å². The number of nitrogens with zero attached hydrogens (tertiary/aromatic N) is 3. The highest BCUT2D eigenvalue weighted by Crippen LogP contribution is 2.34. The van der Waals surface area contributed by atoms with Crippen LogP contribution in [0, 0.1) is 13.8 Å². The van der Waals surface area contributed by atoms with E-state index in [2.05, 4.69) is 10.4 Å². The molecule has 1 aliphatic carbocycles. The third-order valence-electron chi connectivity index (χ3n) is 6.73. The average molecular weight is 439 g/mol. The van der Waals surface area contributed by atoms with Crippen molar-refractivity contribution in [2.24, 2.45) is 0 Å². The summed E-state index contributed by atoms with van der Waals surface area (Å²) in [5, 5.41) is 7.45. The standard InChI is InChI=1S/C24H30N4O4/c1-15-10-11-18(12-16(15)2)28-21(29)20-13-19(22(30)32-4)26-27(20)14-24(28,3)23(31)25-17-8-6-5-7-9-17/h10-13,17H,5-9,14H2,1-4H3,(H,25,31)/t24-/m0/s1. The zero-order chi connectivity index (χ0) is 23.0. The molecule has 2 aromatic rings. The lowest BCUT2D eigenvalue weighted by Gasteiger charge is -2.44. The lowest BCUT2D eigenvalue weighted by atomic mass is 9.91. The Hall–Kier alpha value is -3.16. The smallest absolute Gasteiger partial charge is 0.358 e. The molecule has 32 heavy (non-hydrogen) atoms. The molecule has 1 fully saturated rings. The Bertz CT molecular complexity index is 1070. The van der Waals surface area contributed by atoms with E-state index in [1.165, 1.54) is 24.3 Å². The number of carbonyl (C=O) groups is 3. The van der Waals surface area contributed by atoms with Gasteiger partial charge in [-0.3, -0.25) is 19.2 Å². The number of hydrogen-bond donors (Lipinski definition) is 1. The van der Waals surface area contributed by atoms with Crippen LogP contribution in [0.25, 0.3) is 0 Å². The third kappa shape index (κ3) is 3.78. The predicted molar refractivity (Wildman–Crippen MR) is 120 cm³/mol. The SMILES string of the molecule is COC(=O)c1cc2n(n1)C[C@@](C)(C(=O)NC1CCCCC1)N(c1ccc(C)c(C)c1)C2=O.